The summed E-state index contributed by atoms with van der Waals surface area (Å²) in [6.07, 6.45) is -0.655. The first-order valence-electron chi connectivity index (χ1n) is 7.93. The monoisotopic (exact) mass is 348 g/mol. The highest BCUT2D eigenvalue weighted by Crippen LogP contribution is 2.20. The van der Waals surface area contributed by atoms with Gasteiger partial charge in [-0.25, -0.2) is 19.0 Å². The van der Waals surface area contributed by atoms with Gasteiger partial charge in [0, 0.05) is 5.39 Å². The smallest absolute Gasteiger partial charge is 0.407 e. The molecule has 0 saturated heterocycles. The third kappa shape index (κ3) is 4.89. The maximum absolute atomic E-state index is 14.0. The van der Waals surface area contributed by atoms with Crippen LogP contribution in [0.25, 0.3) is 10.9 Å². The number of pyridine rings is 1. The largest absolute Gasteiger partial charge is 0.462 e. The number of para-hydroxylation sites is 1. The highest BCUT2D eigenvalue weighted by Gasteiger charge is 2.20. The van der Waals surface area contributed by atoms with E-state index in [1.807, 2.05) is 0 Å². The highest BCUT2D eigenvalue weighted by atomic mass is 19.1. The Labute approximate surface area is 145 Å². The summed E-state index contributed by atoms with van der Waals surface area (Å²) in [5.74, 6) is -1.09. The first-order chi connectivity index (χ1) is 11.7. The number of carbonyl (C=O) groups excluding carboxylic acids is 2. The number of rotatable bonds is 4. The van der Waals surface area contributed by atoms with Crippen molar-refractivity contribution in [2.75, 3.05) is 6.61 Å². The van der Waals surface area contributed by atoms with Crippen LogP contribution in [0.4, 0.5) is 9.18 Å². The molecule has 25 heavy (non-hydrogen) atoms. The van der Waals surface area contributed by atoms with Crippen molar-refractivity contribution in [2.24, 2.45) is 0 Å². The quantitative estimate of drug-likeness (QED) is 0.855. The molecule has 2 aromatic rings. The lowest BCUT2D eigenvalue weighted by atomic mass is 10.1. The fourth-order valence-corrected chi connectivity index (χ4v) is 2.19. The number of hydrogen-bond donors (Lipinski definition) is 1. The Morgan fingerprint density at radius 2 is 2.00 bits per heavy atom. The lowest BCUT2D eigenvalue weighted by molar-refractivity contribution is 0.0501. The van der Waals surface area contributed by atoms with Crippen molar-refractivity contribution in [3.8, 4) is 0 Å². The second-order valence-electron chi connectivity index (χ2n) is 6.37. The van der Waals surface area contributed by atoms with Gasteiger partial charge in [0.1, 0.15) is 16.9 Å². The maximum Gasteiger partial charge on any atom is 0.407 e. The minimum atomic E-state index is -0.656. The van der Waals surface area contributed by atoms with E-state index in [0.29, 0.717) is 5.39 Å². The van der Waals surface area contributed by atoms with Gasteiger partial charge in [0.05, 0.1) is 24.4 Å². The van der Waals surface area contributed by atoms with Crippen LogP contribution in [-0.4, -0.2) is 29.3 Å². The topological polar surface area (TPSA) is 77.5 Å². The SMILES string of the molecule is CCOC(=O)c1cc2cccc(F)c2nc1CNC(=O)OC(C)(C)C. The van der Waals surface area contributed by atoms with E-state index in [1.165, 1.54) is 18.2 Å². The summed E-state index contributed by atoms with van der Waals surface area (Å²) >= 11 is 0. The van der Waals surface area contributed by atoms with Crippen molar-refractivity contribution in [3.05, 3.63) is 41.3 Å². The van der Waals surface area contributed by atoms with Crippen molar-refractivity contribution in [1.29, 1.82) is 0 Å². The molecule has 134 valence electrons. The van der Waals surface area contributed by atoms with E-state index in [4.69, 9.17) is 9.47 Å². The van der Waals surface area contributed by atoms with Crippen molar-refractivity contribution in [2.45, 2.75) is 39.8 Å². The summed E-state index contributed by atoms with van der Waals surface area (Å²) in [7, 11) is 0. The predicted octanol–water partition coefficient (Wildman–Crippen LogP) is 3.58. The van der Waals surface area contributed by atoms with Gasteiger partial charge < -0.3 is 14.8 Å². The number of alkyl carbamates (subject to hydrolysis) is 1. The minimum absolute atomic E-state index is 0.0899. The van der Waals surface area contributed by atoms with Gasteiger partial charge in [-0.15, -0.1) is 0 Å². The second kappa shape index (κ2) is 7.46. The number of halogens is 1. The van der Waals surface area contributed by atoms with Crippen LogP contribution >= 0.6 is 0 Å². The highest BCUT2D eigenvalue weighted by molar-refractivity contribution is 5.95. The van der Waals surface area contributed by atoms with Gasteiger partial charge in [-0.05, 0) is 39.8 Å². The summed E-state index contributed by atoms with van der Waals surface area (Å²) in [5.41, 5.74) is -0.147. The van der Waals surface area contributed by atoms with Crippen LogP contribution in [-0.2, 0) is 16.0 Å². The summed E-state index contributed by atoms with van der Waals surface area (Å²) in [4.78, 5) is 28.2. The summed E-state index contributed by atoms with van der Waals surface area (Å²) < 4.78 is 24.1. The maximum atomic E-state index is 14.0. The van der Waals surface area contributed by atoms with Gasteiger partial charge in [0.15, 0.2) is 0 Å². The Morgan fingerprint density at radius 3 is 2.64 bits per heavy atom. The van der Waals surface area contributed by atoms with Gasteiger partial charge >= 0.3 is 12.1 Å². The predicted molar refractivity (Wildman–Crippen MR) is 90.7 cm³/mol. The first kappa shape index (κ1) is 18.6. The molecule has 0 aliphatic heterocycles. The standard InChI is InChI=1S/C18H21FN2O4/c1-5-24-16(22)12-9-11-7-6-8-13(19)15(11)21-14(12)10-20-17(23)25-18(2,3)4/h6-9H,5,10H2,1-4H3,(H,20,23). The van der Waals surface area contributed by atoms with Crippen LogP contribution in [0.5, 0.6) is 0 Å². The average molecular weight is 348 g/mol. The molecule has 0 fully saturated rings. The molecule has 1 aromatic carbocycles. The number of nitrogens with zero attached hydrogens (tertiary/aromatic N) is 1. The fourth-order valence-electron chi connectivity index (χ4n) is 2.19. The van der Waals surface area contributed by atoms with Gasteiger partial charge in [-0.2, -0.15) is 0 Å². The van der Waals surface area contributed by atoms with Crippen LogP contribution in [0.2, 0.25) is 0 Å². The number of amides is 1. The van der Waals surface area contributed by atoms with Crippen LogP contribution in [0.3, 0.4) is 0 Å². The number of nitrogens with one attached hydrogen (secondary N) is 1. The molecule has 0 radical (unpaired) electrons. The summed E-state index contributed by atoms with van der Waals surface area (Å²) in [6, 6.07) is 5.98. The third-order valence-corrected chi connectivity index (χ3v) is 3.17. The zero-order valence-corrected chi connectivity index (χ0v) is 14.7. The first-order valence-corrected chi connectivity index (χ1v) is 7.93. The number of fused-ring (bicyclic) bond motifs is 1. The van der Waals surface area contributed by atoms with E-state index >= 15 is 0 Å². The molecule has 1 aromatic heterocycles. The van der Waals surface area contributed by atoms with E-state index in [9.17, 15) is 14.0 Å². The van der Waals surface area contributed by atoms with E-state index in [-0.39, 0.29) is 29.9 Å². The number of hydrogen-bond acceptors (Lipinski definition) is 5. The normalized spacial score (nSPS) is 11.2. The van der Waals surface area contributed by atoms with Gasteiger partial charge in [0.25, 0.3) is 0 Å². The van der Waals surface area contributed by atoms with E-state index < -0.39 is 23.5 Å². The summed E-state index contributed by atoms with van der Waals surface area (Å²) in [5, 5.41) is 3.00. The van der Waals surface area contributed by atoms with Crippen molar-refractivity contribution in [3.63, 3.8) is 0 Å². The Kier molecular flexibility index (Phi) is 5.56. The molecule has 0 aliphatic carbocycles. The average Bonchev–Trinajstić information content (AvgIpc) is 2.51. The molecule has 6 nitrogen and oxygen atoms in total. The number of ether oxygens (including phenoxy) is 2. The molecular weight excluding hydrogens is 327 g/mol. The van der Waals surface area contributed by atoms with Gasteiger partial charge in [-0.3, -0.25) is 0 Å². The molecule has 1 N–H and O–H groups in total. The molecular formula is C18H21FN2O4. The Bertz CT molecular complexity index is 799. The zero-order valence-electron chi connectivity index (χ0n) is 14.7. The zero-order chi connectivity index (χ0) is 18.6. The molecule has 7 heteroatoms. The van der Waals surface area contributed by atoms with Crippen molar-refractivity contribution < 1.29 is 23.5 Å². The van der Waals surface area contributed by atoms with Crippen LogP contribution in [0, 0.1) is 5.82 Å². The third-order valence-electron chi connectivity index (χ3n) is 3.17. The molecule has 0 saturated carbocycles. The van der Waals surface area contributed by atoms with E-state index in [1.54, 1.807) is 33.8 Å². The Hall–Kier alpha value is -2.70. The lowest BCUT2D eigenvalue weighted by Gasteiger charge is -2.20. The van der Waals surface area contributed by atoms with Gasteiger partial charge in [-0.1, -0.05) is 12.1 Å². The summed E-state index contributed by atoms with van der Waals surface area (Å²) in [6.45, 7) is 7.00. The second-order valence-corrected chi connectivity index (χ2v) is 6.37. The number of aromatic nitrogens is 1. The van der Waals surface area contributed by atoms with Crippen molar-refractivity contribution in [1.82, 2.24) is 10.3 Å². The lowest BCUT2D eigenvalue weighted by Crippen LogP contribution is -2.32. The van der Waals surface area contributed by atoms with Crippen LogP contribution in [0.1, 0.15) is 43.7 Å². The molecule has 0 unspecified atom stereocenters. The van der Waals surface area contributed by atoms with Crippen LogP contribution < -0.4 is 5.32 Å². The molecule has 2 rings (SSSR count). The fraction of sp³-hybridized carbons (Fsp3) is 0.389. The molecule has 0 atom stereocenters. The molecule has 0 bridgehead atoms. The minimum Gasteiger partial charge on any atom is -0.462 e. The van der Waals surface area contributed by atoms with Gasteiger partial charge in [0.2, 0.25) is 0 Å². The molecule has 1 amide bonds. The number of benzene rings is 1. The molecule has 0 aliphatic rings. The van der Waals surface area contributed by atoms with Crippen molar-refractivity contribution >= 4 is 23.0 Å². The number of esters is 1. The number of carbonyl (C=O) groups is 2. The van der Waals surface area contributed by atoms with E-state index in [0.717, 1.165) is 0 Å². The Morgan fingerprint density at radius 1 is 1.28 bits per heavy atom. The molecule has 0 spiro atoms. The van der Waals surface area contributed by atoms with E-state index in [2.05, 4.69) is 10.3 Å². The Balaban J connectivity index is 2.34. The van der Waals surface area contributed by atoms with Crippen LogP contribution in [0.15, 0.2) is 24.3 Å². The molecule has 1 heterocycles.